The number of pyridine rings is 1. The summed E-state index contributed by atoms with van der Waals surface area (Å²) in [5, 5.41) is 41.2. The maximum absolute atomic E-state index is 11.8. The van der Waals surface area contributed by atoms with E-state index in [1.54, 1.807) is 28.0 Å². The number of aromatic nitrogens is 1. The number of hydrogen-bond acceptors (Lipinski definition) is 10. The third kappa shape index (κ3) is 10.7. The molecule has 0 spiro atoms. The number of carboxylic acid groups (broad SMARTS) is 4. The number of carbonyl (C=O) groups excluding carboxylic acids is 2. The summed E-state index contributed by atoms with van der Waals surface area (Å²) < 4.78 is 0. The molecule has 189 valence electrons. The van der Waals surface area contributed by atoms with Gasteiger partial charge in [-0.2, -0.15) is 0 Å². The molecule has 1 aliphatic heterocycles. The monoisotopic (exact) mass is 619 g/mol. The van der Waals surface area contributed by atoms with E-state index < -0.39 is 36.5 Å². The van der Waals surface area contributed by atoms with Crippen molar-refractivity contribution >= 4 is 23.9 Å². The fourth-order valence-electron chi connectivity index (χ4n) is 3.64. The Labute approximate surface area is 220 Å². The molecule has 1 aromatic rings. The van der Waals surface area contributed by atoms with Crippen LogP contribution in [0, 0.1) is 36.9 Å². The Bertz CT molecular complexity index is 795. The third-order valence-corrected chi connectivity index (χ3v) is 5.10. The number of carbonyl (C=O) groups is 4. The first-order chi connectivity index (χ1) is 15.1. The van der Waals surface area contributed by atoms with Crippen molar-refractivity contribution in [2.24, 2.45) is 0 Å². The maximum Gasteiger partial charge on any atom is 0.317 e. The number of hydrogen-bond donors (Lipinski definition) is 2. The molecule has 0 fully saturated rings. The van der Waals surface area contributed by atoms with Crippen molar-refractivity contribution in [2.45, 2.75) is 32.0 Å². The Balaban J connectivity index is 0.00000544. The van der Waals surface area contributed by atoms with Gasteiger partial charge < -0.3 is 30.0 Å². The van der Waals surface area contributed by atoms with Crippen molar-refractivity contribution in [3.63, 3.8) is 0 Å². The van der Waals surface area contributed by atoms with E-state index in [9.17, 15) is 34.5 Å². The summed E-state index contributed by atoms with van der Waals surface area (Å²) in [4.78, 5) is 54.3. The van der Waals surface area contributed by atoms with Gasteiger partial charge in [-0.1, -0.05) is 6.07 Å². The first kappa shape index (κ1) is 29.2. The maximum atomic E-state index is 11.8. The number of carboxylic acids is 4. The van der Waals surface area contributed by atoms with Crippen LogP contribution in [0.2, 0.25) is 0 Å². The Morgan fingerprint density at radius 2 is 1.45 bits per heavy atom. The molecule has 1 radical (unpaired) electrons. The van der Waals surface area contributed by atoms with E-state index >= 15 is 0 Å². The standard InChI is InChI=1S/C20H28N4O8.Tm/c25-17(26)5-4-16(20(31)32)24-8-6-22(12-18(27)28)10-14-2-1-3-15(21-14)11-23(7-9-24)13-19(29)30;/h1-3,16H,4-13H2,(H,25,26)(H,27,28)(H,29,30)(H,31,32);/p-2. The summed E-state index contributed by atoms with van der Waals surface area (Å²) in [6.45, 7) is 0.221. The molecule has 2 rings (SSSR count). The average molecular weight is 619 g/mol. The summed E-state index contributed by atoms with van der Waals surface area (Å²) in [6.07, 6.45) is -0.580. The van der Waals surface area contributed by atoms with E-state index in [0.29, 0.717) is 11.4 Å². The van der Waals surface area contributed by atoms with Gasteiger partial charge in [0.2, 0.25) is 0 Å². The van der Waals surface area contributed by atoms with Gasteiger partial charge in [-0.15, -0.1) is 0 Å². The average Bonchev–Trinajstić information content (AvgIpc) is 2.67. The molecular weight excluding hydrogens is 593 g/mol. The summed E-state index contributed by atoms with van der Waals surface area (Å²) >= 11 is 0. The van der Waals surface area contributed by atoms with Crippen LogP contribution in [0.1, 0.15) is 24.2 Å². The molecule has 1 atom stereocenters. The van der Waals surface area contributed by atoms with Crippen molar-refractivity contribution in [1.29, 1.82) is 0 Å². The van der Waals surface area contributed by atoms with Gasteiger partial charge in [-0.25, -0.2) is 0 Å². The minimum Gasteiger partial charge on any atom is -0.549 e. The first-order valence-corrected chi connectivity index (χ1v) is 10.1. The molecular formula is C20H26N4O8Tm-2. The third-order valence-electron chi connectivity index (χ3n) is 5.10. The number of rotatable bonds is 9. The Kier molecular flexibility index (Phi) is 12.7. The Morgan fingerprint density at radius 1 is 0.909 bits per heavy atom. The second-order valence-electron chi connectivity index (χ2n) is 7.61. The summed E-state index contributed by atoms with van der Waals surface area (Å²) in [5.41, 5.74) is 1.17. The van der Waals surface area contributed by atoms with Crippen LogP contribution in [0.25, 0.3) is 0 Å². The van der Waals surface area contributed by atoms with Gasteiger partial charge in [0.05, 0.1) is 29.9 Å². The molecule has 2 bridgehead atoms. The zero-order valence-electron chi connectivity index (χ0n) is 17.8. The summed E-state index contributed by atoms with van der Waals surface area (Å²) in [6, 6.07) is 3.97. The fourth-order valence-corrected chi connectivity index (χ4v) is 3.64. The van der Waals surface area contributed by atoms with E-state index in [1.807, 2.05) is 0 Å². The van der Waals surface area contributed by atoms with Crippen LogP contribution < -0.4 is 10.2 Å². The van der Waals surface area contributed by atoms with Gasteiger partial charge >= 0.3 is 11.9 Å². The molecule has 0 saturated heterocycles. The molecule has 0 aromatic carbocycles. The van der Waals surface area contributed by atoms with Crippen LogP contribution in [-0.2, 0) is 32.3 Å². The van der Waals surface area contributed by atoms with Crippen molar-refractivity contribution in [1.82, 2.24) is 19.7 Å². The number of aliphatic carboxylic acids is 4. The molecule has 33 heavy (non-hydrogen) atoms. The van der Waals surface area contributed by atoms with Gasteiger partial charge in [0.15, 0.2) is 0 Å². The zero-order chi connectivity index (χ0) is 23.7. The van der Waals surface area contributed by atoms with E-state index in [-0.39, 0.29) is 95.5 Å². The van der Waals surface area contributed by atoms with Crippen LogP contribution in [0.5, 0.6) is 0 Å². The number of nitrogens with zero attached hydrogens (tertiary/aromatic N) is 4. The predicted octanol–water partition coefficient (Wildman–Crippen LogP) is -3.18. The quantitative estimate of drug-likeness (QED) is 0.284. The van der Waals surface area contributed by atoms with Crippen LogP contribution in [0.15, 0.2) is 18.2 Å². The molecule has 1 aromatic heterocycles. The van der Waals surface area contributed by atoms with E-state index in [0.717, 1.165) is 0 Å². The van der Waals surface area contributed by atoms with Gasteiger partial charge in [0.1, 0.15) is 0 Å². The molecule has 0 amide bonds. The largest absolute Gasteiger partial charge is 0.549 e. The van der Waals surface area contributed by atoms with Gasteiger partial charge in [-0.3, -0.25) is 29.3 Å². The predicted molar refractivity (Wildman–Crippen MR) is 105 cm³/mol. The smallest absolute Gasteiger partial charge is 0.317 e. The second-order valence-corrected chi connectivity index (χ2v) is 7.61. The van der Waals surface area contributed by atoms with Crippen molar-refractivity contribution in [3.05, 3.63) is 29.6 Å². The normalized spacial score (nSPS) is 17.1. The number of fused-ring (bicyclic) bond motifs is 2. The van der Waals surface area contributed by atoms with Crippen LogP contribution >= 0.6 is 0 Å². The summed E-state index contributed by atoms with van der Waals surface area (Å²) in [5.74, 6) is -4.94. The van der Waals surface area contributed by atoms with Crippen molar-refractivity contribution < 1.29 is 76.5 Å². The van der Waals surface area contributed by atoms with Crippen LogP contribution in [0.3, 0.4) is 0 Å². The van der Waals surface area contributed by atoms with E-state index in [1.165, 1.54) is 4.90 Å². The van der Waals surface area contributed by atoms with Crippen molar-refractivity contribution in [3.8, 4) is 0 Å². The molecule has 2 heterocycles. The molecule has 1 aliphatic rings. The van der Waals surface area contributed by atoms with Crippen LogP contribution in [-0.4, -0.2) is 99.1 Å². The van der Waals surface area contributed by atoms with E-state index in [2.05, 4.69) is 4.98 Å². The molecule has 12 nitrogen and oxygen atoms in total. The van der Waals surface area contributed by atoms with Crippen LogP contribution in [0.4, 0.5) is 0 Å². The van der Waals surface area contributed by atoms with Crippen molar-refractivity contribution in [2.75, 3.05) is 39.3 Å². The summed E-state index contributed by atoms with van der Waals surface area (Å²) in [7, 11) is 0. The molecule has 2 N–H and O–H groups in total. The van der Waals surface area contributed by atoms with Gasteiger partial charge in [0.25, 0.3) is 0 Å². The first-order valence-electron chi connectivity index (χ1n) is 10.1. The molecule has 1 unspecified atom stereocenters. The fraction of sp³-hybridized carbons (Fsp3) is 0.550. The zero-order valence-corrected chi connectivity index (χ0v) is 19.6. The minimum atomic E-state index is -1.44. The topological polar surface area (TPSA) is 177 Å². The minimum absolute atomic E-state index is 0. The van der Waals surface area contributed by atoms with Gasteiger partial charge in [-0.05, 0) is 18.6 Å². The SMILES string of the molecule is O=C([O-])CN1CCN(C(CCC(=O)O)C(=O)[O-])CCN(CC(=O)O)Cc2cccc(n2)C1.[Tm]. The Morgan fingerprint density at radius 3 is 1.91 bits per heavy atom. The molecule has 13 heteroatoms. The van der Waals surface area contributed by atoms with E-state index in [4.69, 9.17) is 5.11 Å². The second kappa shape index (κ2) is 14.4. The van der Waals surface area contributed by atoms with Gasteiger partial charge in [0, 0.05) is 95.2 Å². The molecule has 0 saturated carbocycles. The molecule has 0 aliphatic carbocycles. The Hall–Kier alpha value is -1.86.